The maximum Gasteiger partial charge on any atom is 0.300 e. The molecule has 0 aliphatic carbocycles. The van der Waals surface area contributed by atoms with Crippen molar-refractivity contribution in [3.05, 3.63) is 94.8 Å². The van der Waals surface area contributed by atoms with Crippen molar-refractivity contribution >= 4 is 23.1 Å². The fourth-order valence-electron chi connectivity index (χ4n) is 3.73. The third-order valence-corrected chi connectivity index (χ3v) is 5.58. The summed E-state index contributed by atoms with van der Waals surface area (Å²) in [5.74, 6) is -1.04. The average Bonchev–Trinajstić information content (AvgIpc) is 3.06. The lowest BCUT2D eigenvalue weighted by Crippen LogP contribution is -2.29. The Labute approximate surface area is 180 Å². The number of anilines is 1. The predicted molar refractivity (Wildman–Crippen MR) is 118 cm³/mol. The van der Waals surface area contributed by atoms with Gasteiger partial charge >= 0.3 is 0 Å². The molecule has 4 rings (SSSR count). The zero-order valence-corrected chi connectivity index (χ0v) is 17.5. The van der Waals surface area contributed by atoms with Crippen LogP contribution < -0.4 is 9.64 Å². The van der Waals surface area contributed by atoms with Gasteiger partial charge in [-0.05, 0) is 73.0 Å². The molecule has 1 amide bonds. The number of amides is 1. The fraction of sp³-hybridized carbons (Fsp3) is 0.160. The van der Waals surface area contributed by atoms with Gasteiger partial charge < -0.3 is 9.84 Å². The van der Waals surface area contributed by atoms with Gasteiger partial charge in [-0.1, -0.05) is 12.1 Å². The molecule has 31 heavy (non-hydrogen) atoms. The van der Waals surface area contributed by atoms with Gasteiger partial charge in [-0.15, -0.1) is 0 Å². The van der Waals surface area contributed by atoms with Gasteiger partial charge in [-0.25, -0.2) is 0 Å². The number of hydrogen-bond donors (Lipinski definition) is 1. The summed E-state index contributed by atoms with van der Waals surface area (Å²) in [4.78, 5) is 31.8. The van der Waals surface area contributed by atoms with Crippen LogP contribution in [0.2, 0.25) is 0 Å². The Kier molecular flexibility index (Phi) is 5.29. The van der Waals surface area contributed by atoms with E-state index >= 15 is 0 Å². The standard InChI is InChI=1S/C25H22N2O4/c1-15-6-9-19(13-16(15)2)27-22(18-5-4-12-26-14-18)21(24(29)25(27)30)23(28)17-7-10-20(31-3)11-8-17/h4-14,22,28H,1-3H3/b23-21+. The fourth-order valence-corrected chi connectivity index (χ4v) is 3.73. The second kappa shape index (κ2) is 8.07. The van der Waals surface area contributed by atoms with Gasteiger partial charge in [-0.2, -0.15) is 0 Å². The van der Waals surface area contributed by atoms with E-state index in [0.29, 0.717) is 22.6 Å². The van der Waals surface area contributed by atoms with Crippen LogP contribution in [0.1, 0.15) is 28.3 Å². The van der Waals surface area contributed by atoms with E-state index in [1.807, 2.05) is 32.0 Å². The number of rotatable bonds is 4. The van der Waals surface area contributed by atoms with Crippen molar-refractivity contribution in [2.24, 2.45) is 0 Å². The van der Waals surface area contributed by atoms with Crippen molar-refractivity contribution in [2.45, 2.75) is 19.9 Å². The number of aliphatic hydroxyl groups excluding tert-OH is 1. The summed E-state index contributed by atoms with van der Waals surface area (Å²) >= 11 is 0. The maximum atomic E-state index is 13.1. The first kappa shape index (κ1) is 20.3. The molecule has 1 aliphatic rings. The quantitative estimate of drug-likeness (QED) is 0.390. The average molecular weight is 414 g/mol. The Morgan fingerprint density at radius 3 is 2.39 bits per heavy atom. The van der Waals surface area contributed by atoms with E-state index in [1.54, 1.807) is 55.9 Å². The molecule has 0 bridgehead atoms. The van der Waals surface area contributed by atoms with Crippen LogP contribution in [0.3, 0.4) is 0 Å². The van der Waals surface area contributed by atoms with E-state index < -0.39 is 17.7 Å². The normalized spacial score (nSPS) is 17.8. The summed E-state index contributed by atoms with van der Waals surface area (Å²) in [6, 6.07) is 15.0. The Balaban J connectivity index is 1.92. The molecular weight excluding hydrogens is 392 g/mol. The molecule has 1 N–H and O–H groups in total. The van der Waals surface area contributed by atoms with Crippen LogP contribution in [0.25, 0.3) is 5.76 Å². The van der Waals surface area contributed by atoms with Crippen molar-refractivity contribution in [2.75, 3.05) is 12.0 Å². The number of benzene rings is 2. The lowest BCUT2D eigenvalue weighted by atomic mass is 9.96. The number of methoxy groups -OCH3 is 1. The molecule has 1 saturated heterocycles. The number of aryl methyl sites for hydroxylation is 2. The summed E-state index contributed by atoms with van der Waals surface area (Å²) in [7, 11) is 1.55. The minimum Gasteiger partial charge on any atom is -0.507 e. The van der Waals surface area contributed by atoms with Gasteiger partial charge in [0.15, 0.2) is 0 Å². The molecule has 1 fully saturated rings. The van der Waals surface area contributed by atoms with Gasteiger partial charge in [0.2, 0.25) is 0 Å². The van der Waals surface area contributed by atoms with Crippen LogP contribution in [-0.4, -0.2) is 28.9 Å². The molecule has 2 aromatic carbocycles. The van der Waals surface area contributed by atoms with Crippen molar-refractivity contribution in [1.29, 1.82) is 0 Å². The number of carbonyl (C=O) groups excluding carboxylic acids is 2. The van der Waals surface area contributed by atoms with Crippen LogP contribution in [0.5, 0.6) is 5.75 Å². The molecule has 1 aromatic heterocycles. The maximum absolute atomic E-state index is 13.1. The minimum atomic E-state index is -0.794. The van der Waals surface area contributed by atoms with E-state index in [0.717, 1.165) is 11.1 Å². The van der Waals surface area contributed by atoms with Crippen molar-refractivity contribution in [1.82, 2.24) is 4.98 Å². The second-order valence-corrected chi connectivity index (χ2v) is 7.45. The van der Waals surface area contributed by atoms with E-state index in [-0.39, 0.29) is 11.3 Å². The minimum absolute atomic E-state index is 0.0291. The third-order valence-electron chi connectivity index (χ3n) is 5.58. The third kappa shape index (κ3) is 3.57. The largest absolute Gasteiger partial charge is 0.507 e. The van der Waals surface area contributed by atoms with Crippen LogP contribution in [0.4, 0.5) is 5.69 Å². The van der Waals surface area contributed by atoms with Gasteiger partial charge in [0.05, 0.1) is 18.7 Å². The van der Waals surface area contributed by atoms with Gasteiger partial charge in [0.25, 0.3) is 11.7 Å². The monoisotopic (exact) mass is 414 g/mol. The van der Waals surface area contributed by atoms with E-state index in [1.165, 1.54) is 4.90 Å². The van der Waals surface area contributed by atoms with Crippen LogP contribution in [0, 0.1) is 13.8 Å². The van der Waals surface area contributed by atoms with Crippen LogP contribution >= 0.6 is 0 Å². The molecule has 6 nitrogen and oxygen atoms in total. The highest BCUT2D eigenvalue weighted by atomic mass is 16.5. The summed E-state index contributed by atoms with van der Waals surface area (Å²) in [6.07, 6.45) is 3.22. The molecule has 3 aromatic rings. The highest BCUT2D eigenvalue weighted by molar-refractivity contribution is 6.51. The lowest BCUT2D eigenvalue weighted by Gasteiger charge is -2.25. The predicted octanol–water partition coefficient (Wildman–Crippen LogP) is 4.33. The first-order valence-corrected chi connectivity index (χ1v) is 9.85. The number of ketones is 1. The number of pyridine rings is 1. The SMILES string of the molecule is COc1ccc(/C(O)=C2\C(=O)C(=O)N(c3ccc(C)c(C)c3)C2c2cccnc2)cc1. The molecule has 156 valence electrons. The molecule has 1 aliphatic heterocycles. The first-order valence-electron chi connectivity index (χ1n) is 9.85. The van der Waals surface area contributed by atoms with Crippen LogP contribution in [-0.2, 0) is 9.59 Å². The summed E-state index contributed by atoms with van der Waals surface area (Å²) < 4.78 is 5.16. The van der Waals surface area contributed by atoms with Gasteiger partial charge in [0, 0.05) is 23.6 Å². The Hall–Kier alpha value is -3.93. The molecule has 0 radical (unpaired) electrons. The molecule has 0 saturated carbocycles. The summed E-state index contributed by atoms with van der Waals surface area (Å²) in [6.45, 7) is 3.93. The highest BCUT2D eigenvalue weighted by Gasteiger charge is 2.47. The molecule has 2 heterocycles. The number of aromatic nitrogens is 1. The number of nitrogens with zero attached hydrogens (tertiary/aromatic N) is 2. The van der Waals surface area contributed by atoms with Gasteiger partial charge in [-0.3, -0.25) is 19.5 Å². The second-order valence-electron chi connectivity index (χ2n) is 7.45. The number of hydrogen-bond acceptors (Lipinski definition) is 5. The van der Waals surface area contributed by atoms with Crippen molar-refractivity contribution in [3.8, 4) is 5.75 Å². The Bertz CT molecular complexity index is 1180. The topological polar surface area (TPSA) is 79.7 Å². The highest BCUT2D eigenvalue weighted by Crippen LogP contribution is 2.42. The molecular formula is C25H22N2O4. The number of aliphatic hydroxyl groups is 1. The zero-order chi connectivity index (χ0) is 22.1. The smallest absolute Gasteiger partial charge is 0.300 e. The molecule has 0 spiro atoms. The van der Waals surface area contributed by atoms with Gasteiger partial charge in [0.1, 0.15) is 11.5 Å². The summed E-state index contributed by atoms with van der Waals surface area (Å²) in [5.41, 5.74) is 3.76. The molecule has 1 atom stereocenters. The van der Waals surface area contributed by atoms with E-state index in [2.05, 4.69) is 4.98 Å². The Morgan fingerprint density at radius 2 is 1.77 bits per heavy atom. The first-order chi connectivity index (χ1) is 14.9. The van der Waals surface area contributed by atoms with Crippen molar-refractivity contribution in [3.63, 3.8) is 0 Å². The number of carbonyl (C=O) groups is 2. The Morgan fingerprint density at radius 1 is 1.03 bits per heavy atom. The number of ether oxygens (including phenoxy) is 1. The summed E-state index contributed by atoms with van der Waals surface area (Å²) in [5, 5.41) is 11.1. The van der Waals surface area contributed by atoms with E-state index in [4.69, 9.17) is 4.74 Å². The van der Waals surface area contributed by atoms with Crippen molar-refractivity contribution < 1.29 is 19.4 Å². The lowest BCUT2D eigenvalue weighted by molar-refractivity contribution is -0.132. The van der Waals surface area contributed by atoms with Crippen LogP contribution in [0.15, 0.2) is 72.6 Å². The molecule has 1 unspecified atom stereocenters. The zero-order valence-electron chi connectivity index (χ0n) is 17.5. The van der Waals surface area contributed by atoms with E-state index in [9.17, 15) is 14.7 Å². The molecule has 6 heteroatoms. The number of Topliss-reactive ketones (excluding diaryl/α,β-unsaturated/α-hetero) is 1.